The Balaban J connectivity index is 2.95. The number of rotatable bonds is 3. The van der Waals surface area contributed by atoms with Gasteiger partial charge in [0.05, 0.1) is 12.1 Å². The molecule has 1 unspecified atom stereocenters. The zero-order chi connectivity index (χ0) is 9.84. The lowest BCUT2D eigenvalue weighted by Crippen LogP contribution is -2.06. The second-order valence-corrected chi connectivity index (χ2v) is 3.68. The van der Waals surface area contributed by atoms with Crippen molar-refractivity contribution in [2.24, 2.45) is 5.73 Å². The molecule has 1 atom stereocenters. The van der Waals surface area contributed by atoms with E-state index in [0.29, 0.717) is 17.3 Å². The first kappa shape index (κ1) is 10.7. The van der Waals surface area contributed by atoms with Crippen LogP contribution in [-0.2, 0) is 0 Å². The topological polar surface area (TPSA) is 35.2 Å². The zero-order valence-electron chi connectivity index (χ0n) is 7.33. The minimum atomic E-state index is 0.0309. The van der Waals surface area contributed by atoms with Gasteiger partial charge >= 0.3 is 0 Å². The molecule has 72 valence electrons. The van der Waals surface area contributed by atoms with Crippen molar-refractivity contribution in [3.8, 4) is 5.75 Å². The monoisotopic (exact) mass is 217 g/mol. The molecule has 4 heteroatoms. The van der Waals surface area contributed by atoms with Crippen LogP contribution in [0.4, 0.5) is 0 Å². The van der Waals surface area contributed by atoms with Gasteiger partial charge in [-0.1, -0.05) is 17.7 Å². The van der Waals surface area contributed by atoms with Crippen LogP contribution in [-0.4, -0.2) is 13.7 Å². The molecule has 1 aromatic rings. The lowest BCUT2D eigenvalue weighted by atomic mass is 10.1. The summed E-state index contributed by atoms with van der Waals surface area (Å²) in [5.74, 6) is 0.669. The minimum Gasteiger partial charge on any atom is -0.495 e. The van der Waals surface area contributed by atoms with Crippen LogP contribution < -0.4 is 10.5 Å². The van der Waals surface area contributed by atoms with Crippen LogP contribution in [0.15, 0.2) is 18.2 Å². The summed E-state index contributed by atoms with van der Waals surface area (Å²) in [5.41, 5.74) is 6.48. The zero-order valence-corrected chi connectivity index (χ0v) is 8.98. The third kappa shape index (κ3) is 2.53. The van der Waals surface area contributed by atoms with E-state index in [1.165, 1.54) is 0 Å². The number of hydrogen-bond acceptors (Lipinski definition) is 3. The second kappa shape index (κ2) is 4.74. The summed E-state index contributed by atoms with van der Waals surface area (Å²) in [6.45, 7) is 0.492. The summed E-state index contributed by atoms with van der Waals surface area (Å²) in [7, 11) is 1.59. The van der Waals surface area contributed by atoms with Crippen molar-refractivity contribution in [3.63, 3.8) is 0 Å². The van der Waals surface area contributed by atoms with E-state index in [0.717, 1.165) is 5.56 Å². The summed E-state index contributed by atoms with van der Waals surface area (Å²) >= 11 is 10.2. The highest BCUT2D eigenvalue weighted by molar-refractivity contribution is 7.80. The Labute approximate surface area is 88.4 Å². The van der Waals surface area contributed by atoms with Gasteiger partial charge in [0, 0.05) is 11.8 Å². The molecule has 0 saturated carbocycles. The molecule has 0 radical (unpaired) electrons. The molecule has 2 N–H and O–H groups in total. The van der Waals surface area contributed by atoms with Crippen LogP contribution in [0.1, 0.15) is 10.8 Å². The first-order valence-electron chi connectivity index (χ1n) is 3.90. The Morgan fingerprint density at radius 3 is 2.77 bits per heavy atom. The van der Waals surface area contributed by atoms with Crippen LogP contribution in [0.25, 0.3) is 0 Å². The number of hydrogen-bond donors (Lipinski definition) is 2. The molecule has 0 fully saturated rings. The van der Waals surface area contributed by atoms with Gasteiger partial charge in [0.2, 0.25) is 0 Å². The molecule has 0 aliphatic carbocycles. The van der Waals surface area contributed by atoms with Crippen molar-refractivity contribution < 1.29 is 4.74 Å². The van der Waals surface area contributed by atoms with Gasteiger partial charge in [0.1, 0.15) is 5.75 Å². The number of halogens is 1. The number of thiol groups is 1. The van der Waals surface area contributed by atoms with E-state index in [1.54, 1.807) is 7.11 Å². The van der Waals surface area contributed by atoms with Gasteiger partial charge in [-0.05, 0) is 17.7 Å². The Bertz CT molecular complexity index is 293. The highest BCUT2D eigenvalue weighted by atomic mass is 35.5. The van der Waals surface area contributed by atoms with E-state index >= 15 is 0 Å². The van der Waals surface area contributed by atoms with E-state index in [-0.39, 0.29) is 5.25 Å². The third-order valence-electron chi connectivity index (χ3n) is 1.78. The molecule has 13 heavy (non-hydrogen) atoms. The first-order chi connectivity index (χ1) is 6.19. The molecule has 0 aliphatic heterocycles. The number of ether oxygens (including phenoxy) is 1. The lowest BCUT2D eigenvalue weighted by molar-refractivity contribution is 0.415. The SMILES string of the molecule is COc1ccc(C(S)CN)cc1Cl. The molecule has 0 heterocycles. The summed E-state index contributed by atoms with van der Waals surface area (Å²) in [5, 5.41) is 0.621. The maximum atomic E-state index is 5.93. The fourth-order valence-corrected chi connectivity index (χ4v) is 1.45. The maximum absolute atomic E-state index is 5.93. The molecule has 0 spiro atoms. The van der Waals surface area contributed by atoms with E-state index in [4.69, 9.17) is 22.1 Å². The Morgan fingerprint density at radius 2 is 2.31 bits per heavy atom. The summed E-state index contributed by atoms with van der Waals surface area (Å²) in [6, 6.07) is 5.55. The molecule has 1 rings (SSSR count). The van der Waals surface area contributed by atoms with Crippen molar-refractivity contribution in [2.75, 3.05) is 13.7 Å². The van der Waals surface area contributed by atoms with E-state index in [1.807, 2.05) is 18.2 Å². The van der Waals surface area contributed by atoms with Gasteiger partial charge < -0.3 is 10.5 Å². The average molecular weight is 218 g/mol. The fourth-order valence-electron chi connectivity index (χ4n) is 1.03. The van der Waals surface area contributed by atoms with E-state index in [2.05, 4.69) is 12.6 Å². The Kier molecular flexibility index (Phi) is 3.90. The number of benzene rings is 1. The molecule has 0 bridgehead atoms. The molecule has 2 nitrogen and oxygen atoms in total. The van der Waals surface area contributed by atoms with Crippen LogP contribution in [0.2, 0.25) is 5.02 Å². The van der Waals surface area contributed by atoms with Crippen molar-refractivity contribution in [3.05, 3.63) is 28.8 Å². The van der Waals surface area contributed by atoms with Crippen molar-refractivity contribution in [1.29, 1.82) is 0 Å². The largest absolute Gasteiger partial charge is 0.495 e. The Hall–Kier alpha value is -0.380. The molecule has 1 aromatic carbocycles. The first-order valence-corrected chi connectivity index (χ1v) is 4.80. The summed E-state index contributed by atoms with van der Waals surface area (Å²) in [6.07, 6.45) is 0. The molecular formula is C9H12ClNOS. The third-order valence-corrected chi connectivity index (χ3v) is 2.59. The highest BCUT2D eigenvalue weighted by Gasteiger charge is 2.07. The van der Waals surface area contributed by atoms with Crippen molar-refractivity contribution in [1.82, 2.24) is 0 Å². The van der Waals surface area contributed by atoms with Crippen LogP contribution in [0.3, 0.4) is 0 Å². The van der Waals surface area contributed by atoms with Crippen molar-refractivity contribution in [2.45, 2.75) is 5.25 Å². The lowest BCUT2D eigenvalue weighted by Gasteiger charge is -2.10. The molecule has 0 saturated heterocycles. The maximum Gasteiger partial charge on any atom is 0.137 e. The summed E-state index contributed by atoms with van der Waals surface area (Å²) < 4.78 is 5.03. The predicted molar refractivity (Wildman–Crippen MR) is 58.8 cm³/mol. The molecule has 0 aromatic heterocycles. The van der Waals surface area contributed by atoms with Crippen LogP contribution >= 0.6 is 24.2 Å². The second-order valence-electron chi connectivity index (χ2n) is 2.65. The van der Waals surface area contributed by atoms with Gasteiger partial charge in [-0.15, -0.1) is 0 Å². The van der Waals surface area contributed by atoms with Gasteiger partial charge in [-0.2, -0.15) is 12.6 Å². The van der Waals surface area contributed by atoms with E-state index < -0.39 is 0 Å². The van der Waals surface area contributed by atoms with Crippen molar-refractivity contribution >= 4 is 24.2 Å². The van der Waals surface area contributed by atoms with Gasteiger partial charge in [-0.25, -0.2) is 0 Å². The number of methoxy groups -OCH3 is 1. The standard InChI is InChI=1S/C9H12ClNOS/c1-12-8-3-2-6(4-7(8)10)9(13)5-11/h2-4,9,13H,5,11H2,1H3. The Morgan fingerprint density at radius 1 is 1.62 bits per heavy atom. The molecular weight excluding hydrogens is 206 g/mol. The highest BCUT2D eigenvalue weighted by Crippen LogP contribution is 2.29. The molecule has 0 amide bonds. The average Bonchev–Trinajstić information content (AvgIpc) is 2.16. The van der Waals surface area contributed by atoms with E-state index in [9.17, 15) is 0 Å². The summed E-state index contributed by atoms with van der Waals surface area (Å²) in [4.78, 5) is 0. The fraction of sp³-hybridized carbons (Fsp3) is 0.333. The van der Waals surface area contributed by atoms with Gasteiger partial charge in [0.15, 0.2) is 0 Å². The van der Waals surface area contributed by atoms with Crippen LogP contribution in [0.5, 0.6) is 5.75 Å². The number of nitrogens with two attached hydrogens (primary N) is 1. The minimum absolute atomic E-state index is 0.0309. The normalized spacial score (nSPS) is 12.6. The predicted octanol–water partition coefficient (Wildman–Crippen LogP) is 2.28. The van der Waals surface area contributed by atoms with Crippen LogP contribution in [0, 0.1) is 0 Å². The smallest absolute Gasteiger partial charge is 0.137 e. The van der Waals surface area contributed by atoms with Gasteiger partial charge in [0.25, 0.3) is 0 Å². The van der Waals surface area contributed by atoms with Gasteiger partial charge in [-0.3, -0.25) is 0 Å². The molecule has 0 aliphatic rings. The quantitative estimate of drug-likeness (QED) is 0.762.